The summed E-state index contributed by atoms with van der Waals surface area (Å²) in [4.78, 5) is 15.4. The molecule has 18 heavy (non-hydrogen) atoms. The van der Waals surface area contributed by atoms with Crippen molar-refractivity contribution in [3.63, 3.8) is 0 Å². The van der Waals surface area contributed by atoms with Crippen LogP contribution < -0.4 is 0 Å². The highest BCUT2D eigenvalue weighted by molar-refractivity contribution is 5.91. The standard InChI is InChI=1S/C15H21NO2/c1-5-7-8-10-13-12(4)14(13)18-15(17)16-11(3)9-6-2/h7-8,10,12-14H,1,6,9H2,2-4H3. The van der Waals surface area contributed by atoms with E-state index in [2.05, 4.69) is 31.2 Å². The summed E-state index contributed by atoms with van der Waals surface area (Å²) in [5.74, 6) is 0.658. The van der Waals surface area contributed by atoms with Crippen molar-refractivity contribution < 1.29 is 9.53 Å². The van der Waals surface area contributed by atoms with Crippen molar-refractivity contribution in [3.05, 3.63) is 30.5 Å². The predicted molar refractivity (Wildman–Crippen MR) is 73.8 cm³/mol. The van der Waals surface area contributed by atoms with E-state index >= 15 is 0 Å². The van der Waals surface area contributed by atoms with Crippen molar-refractivity contribution in [1.82, 2.24) is 0 Å². The summed E-state index contributed by atoms with van der Waals surface area (Å²) in [6.07, 6.45) is 6.97. The number of carbonyl (C=O) groups is 1. The molecule has 0 bridgehead atoms. The first kappa shape index (κ1) is 14.5. The molecule has 1 saturated carbocycles. The van der Waals surface area contributed by atoms with Gasteiger partial charge in [-0.15, -0.1) is 5.73 Å². The first-order chi connectivity index (χ1) is 8.60. The number of ether oxygens (including phenoxy) is 1. The van der Waals surface area contributed by atoms with Gasteiger partial charge in [-0.3, -0.25) is 0 Å². The Bertz CT molecular complexity index is 403. The van der Waals surface area contributed by atoms with E-state index in [1.54, 1.807) is 6.08 Å². The van der Waals surface area contributed by atoms with Crippen molar-refractivity contribution in [2.24, 2.45) is 16.8 Å². The van der Waals surface area contributed by atoms with Crippen LogP contribution in [0.15, 0.2) is 35.5 Å². The number of allylic oxidation sites excluding steroid dienone is 2. The van der Waals surface area contributed by atoms with Gasteiger partial charge in [-0.1, -0.05) is 39.0 Å². The Hall–Kier alpha value is -1.60. The predicted octanol–water partition coefficient (Wildman–Crippen LogP) is 3.92. The van der Waals surface area contributed by atoms with Crippen LogP contribution in [0.3, 0.4) is 0 Å². The molecule has 0 heterocycles. The van der Waals surface area contributed by atoms with Gasteiger partial charge in [-0.2, -0.15) is 4.99 Å². The van der Waals surface area contributed by atoms with E-state index in [1.165, 1.54) is 0 Å². The summed E-state index contributed by atoms with van der Waals surface area (Å²) in [6, 6.07) is 0. The highest BCUT2D eigenvalue weighted by atomic mass is 16.6. The molecule has 3 nitrogen and oxygen atoms in total. The molecule has 0 N–H and O–H groups in total. The number of nitrogens with zero attached hydrogens (tertiary/aromatic N) is 1. The Balaban J connectivity index is 2.43. The zero-order chi connectivity index (χ0) is 13.5. The van der Waals surface area contributed by atoms with Gasteiger partial charge in [0.2, 0.25) is 0 Å². The summed E-state index contributed by atoms with van der Waals surface area (Å²) < 4.78 is 5.31. The summed E-state index contributed by atoms with van der Waals surface area (Å²) in [6.45, 7) is 9.45. The second-order valence-electron chi connectivity index (χ2n) is 4.64. The molecule has 1 rings (SSSR count). The monoisotopic (exact) mass is 247 g/mol. The number of amides is 1. The number of carbonyl (C=O) groups excluding carboxylic acids is 1. The van der Waals surface area contributed by atoms with Gasteiger partial charge >= 0.3 is 6.09 Å². The number of hydrogen-bond acceptors (Lipinski definition) is 2. The van der Waals surface area contributed by atoms with Crippen LogP contribution in [-0.4, -0.2) is 17.9 Å². The molecule has 1 aliphatic rings. The smallest absolute Gasteiger partial charge is 0.433 e. The Morgan fingerprint density at radius 2 is 2.28 bits per heavy atom. The van der Waals surface area contributed by atoms with Crippen LogP contribution in [0.4, 0.5) is 4.79 Å². The molecule has 3 unspecified atom stereocenters. The van der Waals surface area contributed by atoms with Gasteiger partial charge in [0.15, 0.2) is 0 Å². The van der Waals surface area contributed by atoms with Crippen LogP contribution in [0.1, 0.15) is 33.6 Å². The zero-order valence-electron chi connectivity index (χ0n) is 11.3. The van der Waals surface area contributed by atoms with E-state index in [1.807, 2.05) is 19.1 Å². The molecule has 1 amide bonds. The highest BCUT2D eigenvalue weighted by Gasteiger charge is 2.48. The SMILES string of the molecule is C=C=CC=CC1C(C)C1OC(=O)N=C(C)CCC. The number of hydrogen-bond donors (Lipinski definition) is 0. The third-order valence-electron chi connectivity index (χ3n) is 3.04. The van der Waals surface area contributed by atoms with Gasteiger partial charge in [0, 0.05) is 17.5 Å². The summed E-state index contributed by atoms with van der Waals surface area (Å²) in [5, 5.41) is 0. The largest absolute Gasteiger partial charge is 0.444 e. The van der Waals surface area contributed by atoms with Crippen LogP contribution in [0.2, 0.25) is 0 Å². The van der Waals surface area contributed by atoms with E-state index in [4.69, 9.17) is 4.74 Å². The average Bonchev–Trinajstić information content (AvgIpc) is 2.89. The first-order valence-corrected chi connectivity index (χ1v) is 6.37. The molecule has 1 fully saturated rings. The van der Waals surface area contributed by atoms with Crippen molar-refractivity contribution in [2.45, 2.75) is 39.7 Å². The van der Waals surface area contributed by atoms with Gasteiger partial charge in [0.1, 0.15) is 6.10 Å². The minimum Gasteiger partial charge on any atom is -0.444 e. The van der Waals surface area contributed by atoms with E-state index in [0.29, 0.717) is 11.8 Å². The molecule has 3 atom stereocenters. The molecular formula is C15H21NO2. The van der Waals surface area contributed by atoms with Gasteiger partial charge in [-0.05, 0) is 19.4 Å². The van der Waals surface area contributed by atoms with E-state index in [9.17, 15) is 4.79 Å². The van der Waals surface area contributed by atoms with Crippen molar-refractivity contribution in [1.29, 1.82) is 0 Å². The number of rotatable bonds is 5. The van der Waals surface area contributed by atoms with E-state index in [0.717, 1.165) is 18.6 Å². The topological polar surface area (TPSA) is 38.7 Å². The third-order valence-corrected chi connectivity index (χ3v) is 3.04. The lowest BCUT2D eigenvalue weighted by atomic mass is 10.2. The lowest BCUT2D eigenvalue weighted by Gasteiger charge is -2.00. The maximum atomic E-state index is 11.5. The molecule has 0 aromatic heterocycles. The molecule has 0 aliphatic heterocycles. The average molecular weight is 247 g/mol. The van der Waals surface area contributed by atoms with Crippen molar-refractivity contribution in [3.8, 4) is 0 Å². The van der Waals surface area contributed by atoms with Gasteiger partial charge in [0.05, 0.1) is 0 Å². The molecule has 0 saturated heterocycles. The van der Waals surface area contributed by atoms with E-state index in [-0.39, 0.29) is 6.10 Å². The third kappa shape index (κ3) is 4.34. The molecule has 0 radical (unpaired) electrons. The van der Waals surface area contributed by atoms with Crippen LogP contribution >= 0.6 is 0 Å². The van der Waals surface area contributed by atoms with Crippen LogP contribution in [0, 0.1) is 11.8 Å². The maximum absolute atomic E-state index is 11.5. The van der Waals surface area contributed by atoms with Crippen LogP contribution in [0.25, 0.3) is 0 Å². The minimum absolute atomic E-state index is 0.0369. The van der Waals surface area contributed by atoms with Crippen LogP contribution in [-0.2, 0) is 4.74 Å². The Labute approximate surface area is 109 Å². The molecule has 0 spiro atoms. The number of aliphatic imine (C=N–C) groups is 1. The minimum atomic E-state index is -0.465. The summed E-state index contributed by atoms with van der Waals surface area (Å²) in [7, 11) is 0. The first-order valence-electron chi connectivity index (χ1n) is 6.37. The fourth-order valence-corrected chi connectivity index (χ4v) is 1.89. The molecule has 1 aliphatic carbocycles. The second-order valence-corrected chi connectivity index (χ2v) is 4.64. The van der Waals surface area contributed by atoms with Gasteiger partial charge in [0.25, 0.3) is 0 Å². The zero-order valence-corrected chi connectivity index (χ0v) is 11.3. The normalized spacial score (nSPS) is 26.8. The Morgan fingerprint density at radius 3 is 2.89 bits per heavy atom. The van der Waals surface area contributed by atoms with Gasteiger partial charge in [-0.25, -0.2) is 4.79 Å². The lowest BCUT2D eigenvalue weighted by Crippen LogP contribution is -2.06. The van der Waals surface area contributed by atoms with Crippen molar-refractivity contribution >= 4 is 11.8 Å². The van der Waals surface area contributed by atoms with Crippen LogP contribution in [0.5, 0.6) is 0 Å². The fourth-order valence-electron chi connectivity index (χ4n) is 1.89. The molecule has 0 aromatic rings. The highest BCUT2D eigenvalue weighted by Crippen LogP contribution is 2.42. The summed E-state index contributed by atoms with van der Waals surface area (Å²) >= 11 is 0. The van der Waals surface area contributed by atoms with Gasteiger partial charge < -0.3 is 4.74 Å². The summed E-state index contributed by atoms with van der Waals surface area (Å²) in [5.41, 5.74) is 3.50. The lowest BCUT2D eigenvalue weighted by molar-refractivity contribution is 0.142. The van der Waals surface area contributed by atoms with Crippen molar-refractivity contribution in [2.75, 3.05) is 0 Å². The molecule has 0 aromatic carbocycles. The Kier molecular flexibility index (Phi) is 5.60. The maximum Gasteiger partial charge on any atom is 0.433 e. The molecule has 3 heteroatoms. The second kappa shape index (κ2) is 6.97. The van der Waals surface area contributed by atoms with E-state index < -0.39 is 6.09 Å². The fraction of sp³-hybridized carbons (Fsp3) is 0.533. The Morgan fingerprint density at radius 1 is 1.56 bits per heavy atom. The molecule has 98 valence electrons. The molecular weight excluding hydrogens is 226 g/mol. The quantitative estimate of drug-likeness (QED) is 0.419.